The maximum atomic E-state index is 14.4. The summed E-state index contributed by atoms with van der Waals surface area (Å²) in [4.78, 5) is 121. The Morgan fingerprint density at radius 2 is 0.886 bits per heavy atom. The number of benzene rings is 6. The zero-order chi connectivity index (χ0) is 80.7. The van der Waals surface area contributed by atoms with E-state index in [1.54, 1.807) is 75.3 Å². The van der Waals surface area contributed by atoms with E-state index in [4.69, 9.17) is 10.8 Å². The molecule has 0 aliphatic carbocycles. The van der Waals surface area contributed by atoms with E-state index >= 15 is 0 Å². The number of carboxylic acid groups (broad SMARTS) is 1. The lowest BCUT2D eigenvalue weighted by Gasteiger charge is -2.24. The zero-order valence-corrected chi connectivity index (χ0v) is 66.9. The fourth-order valence-corrected chi connectivity index (χ4v) is 14.3. The number of ketones is 3. The number of hydrogen-bond acceptors (Lipinski definition) is 14. The first-order chi connectivity index (χ1) is 54.3. The number of halogens is 6. The number of pyridine rings is 2. The number of nitrogens with zero attached hydrogens (tertiary/aromatic N) is 7. The quantitative estimate of drug-likeness (QED) is 0.0293. The molecule has 3 fully saturated rings. The van der Waals surface area contributed by atoms with Gasteiger partial charge in [0, 0.05) is 147 Å². The summed E-state index contributed by atoms with van der Waals surface area (Å²) in [5, 5.41) is 25.7. The molecule has 6 aromatic carbocycles. The summed E-state index contributed by atoms with van der Waals surface area (Å²) in [6.45, 7) is 5.55. The minimum atomic E-state index is -1.27. The number of Topliss-reactive ketones (excluding diaryl/α,β-unsaturated/α-hetero) is 3. The Morgan fingerprint density at radius 1 is 0.482 bits per heavy atom. The summed E-state index contributed by atoms with van der Waals surface area (Å²) in [5.74, 6) is -2.76. The van der Waals surface area contributed by atoms with E-state index in [0.29, 0.717) is 65.8 Å². The number of aromatic nitrogens is 5. The normalized spacial score (nSPS) is 16.6. The maximum Gasteiger partial charge on any atom is 0.323 e. The van der Waals surface area contributed by atoms with Crippen molar-refractivity contribution in [1.82, 2.24) is 54.7 Å². The molecule has 5 amide bonds. The molecule has 0 radical (unpaired) electrons. The Labute approximate surface area is 680 Å². The number of nitrogens with two attached hydrogens (primary N) is 1. The first-order valence-corrected chi connectivity index (χ1v) is 38.4. The standard InChI is InChI=1S/C30H30FN5O3.C25H25BrFN3O3.C13H17FN2O.C12H10BrNO3.C5H6N2.ClH/c1-20(37)26-18-35(27-10-9-23(15-25(26)27)34-24-8-5-12-32-16-24)19-29(38)36-17-22(31)14-28(36)30(39)33-13-11-21-6-3-2-4-7-21;1-16(31)21-14-29(22-8-7-18(26)11-20(21)22)15-24(32)30-13-19(27)12-23(30)25(33)28-10-9-17-5-3-2-4-6-17;14-11-8-12(16-9-11)13(17)15-7-6-10-4-2-1-3-5-10;1-7(15)10-5-14(6-12(16)17)11-3-2-8(13)4-9(10)11;6-5-2-1-3-7-4-5;/h2-10,12,15-16,18,22,28,34H,11,13-14,17,19H2,1H3,(H,33,39);2-8,11,14,19,23H,9-10,12-13,15H2,1H3,(H,28,33);1-5,11-12,16H,6-9H2,(H,15,17);2-5H,6H2,1H3,(H,16,17);1-4H,6H2;1H/t22-,28+;19-,23+;11-,12+;;;/m111.../s1. The molecule has 3 aliphatic heterocycles. The number of carbonyl (C=O) groups excluding carboxylic acids is 8. The Bertz CT molecular complexity index is 5150. The second-order valence-electron chi connectivity index (χ2n) is 27.4. The minimum Gasteiger partial charge on any atom is -0.480 e. The van der Waals surface area contributed by atoms with Crippen molar-refractivity contribution in [2.75, 3.05) is 50.3 Å². The fraction of sp³-hybridized carbons (Fsp3) is 0.282. The highest BCUT2D eigenvalue weighted by Gasteiger charge is 2.41. The van der Waals surface area contributed by atoms with Crippen LogP contribution in [0.25, 0.3) is 32.7 Å². The minimum absolute atomic E-state index is 0. The van der Waals surface area contributed by atoms with Crippen LogP contribution in [0.4, 0.5) is 30.2 Å². The van der Waals surface area contributed by atoms with Crippen molar-refractivity contribution in [3.05, 3.63) is 256 Å². The zero-order valence-electron chi connectivity index (χ0n) is 62.9. The molecule has 0 unspecified atom stereocenters. The molecule has 596 valence electrons. The third-order valence-electron chi connectivity index (χ3n) is 19.1. The average Bonchev–Trinajstić information content (AvgIpc) is 1.64. The van der Waals surface area contributed by atoms with E-state index in [1.165, 1.54) is 36.1 Å². The van der Waals surface area contributed by atoms with Crippen LogP contribution >= 0.6 is 44.3 Å². The van der Waals surface area contributed by atoms with Crippen molar-refractivity contribution in [2.45, 2.75) is 116 Å². The van der Waals surface area contributed by atoms with E-state index in [-0.39, 0.29) is 124 Å². The Hall–Kier alpha value is -11.3. The predicted molar refractivity (Wildman–Crippen MR) is 443 cm³/mol. The van der Waals surface area contributed by atoms with Crippen molar-refractivity contribution in [3.8, 4) is 0 Å². The lowest BCUT2D eigenvalue weighted by molar-refractivity contribution is -0.138. The van der Waals surface area contributed by atoms with E-state index in [2.05, 4.69) is 68.4 Å². The monoisotopic (exact) mass is 1700 g/mol. The number of amides is 5. The van der Waals surface area contributed by atoms with Crippen LogP contribution in [0.2, 0.25) is 0 Å². The van der Waals surface area contributed by atoms with Crippen molar-refractivity contribution in [2.24, 2.45) is 0 Å². The molecular weight excluding hydrogens is 1620 g/mol. The summed E-state index contributed by atoms with van der Waals surface area (Å²) in [7, 11) is 0. The van der Waals surface area contributed by atoms with Gasteiger partial charge >= 0.3 is 5.97 Å². The van der Waals surface area contributed by atoms with E-state index < -0.39 is 36.6 Å². The summed E-state index contributed by atoms with van der Waals surface area (Å²) in [6.07, 6.45) is 10.5. The molecule has 5 aromatic heterocycles. The Morgan fingerprint density at radius 3 is 1.25 bits per heavy atom. The van der Waals surface area contributed by atoms with Crippen LogP contribution in [0.1, 0.15) is 87.8 Å². The smallest absolute Gasteiger partial charge is 0.323 e. The fourth-order valence-electron chi connectivity index (χ4n) is 13.5. The third-order valence-corrected chi connectivity index (χ3v) is 20.1. The molecule has 23 nitrogen and oxygen atoms in total. The molecule has 3 aliphatic rings. The van der Waals surface area contributed by atoms with Gasteiger partial charge in [0.2, 0.25) is 29.5 Å². The van der Waals surface area contributed by atoms with Crippen LogP contribution in [0.5, 0.6) is 0 Å². The Balaban J connectivity index is 0.000000177. The number of aliphatic carboxylic acids is 1. The molecule has 8 N–H and O–H groups in total. The van der Waals surface area contributed by atoms with Crippen molar-refractivity contribution < 1.29 is 61.4 Å². The summed E-state index contributed by atoms with van der Waals surface area (Å²) in [5.41, 5.74) is 14.7. The van der Waals surface area contributed by atoms with Gasteiger partial charge in [-0.05, 0) is 136 Å². The maximum absolute atomic E-state index is 14.4. The predicted octanol–water partition coefficient (Wildman–Crippen LogP) is 13.0. The van der Waals surface area contributed by atoms with Gasteiger partial charge < -0.3 is 60.9 Å². The number of fused-ring (bicyclic) bond motifs is 3. The molecule has 14 rings (SSSR count). The van der Waals surface area contributed by atoms with Gasteiger partial charge in [-0.3, -0.25) is 53.1 Å². The number of anilines is 3. The SMILES string of the molecule is CC(=O)c1cn(CC(=O)N2C[C@H](F)C[C@H]2C(=O)NCCc2ccccc2)c2ccc(Br)cc12.CC(=O)c1cn(CC(=O)N2C[C@H](F)C[C@H]2C(=O)NCCc2ccccc2)c2ccc(Nc3cccnc3)cc12.CC(=O)c1cn(CC(=O)O)c2ccc(Br)cc12.Cl.Nc1cccnc1.O=C(NCCc1ccccc1)[C@@H]1C[C@@H](F)CN1. The van der Waals surface area contributed by atoms with Gasteiger partial charge in [-0.1, -0.05) is 123 Å². The molecule has 0 spiro atoms. The second kappa shape index (κ2) is 42.0. The van der Waals surface area contributed by atoms with Gasteiger partial charge in [-0.2, -0.15) is 0 Å². The van der Waals surface area contributed by atoms with Crippen LogP contribution in [0.15, 0.2) is 222 Å². The van der Waals surface area contributed by atoms with E-state index in [0.717, 1.165) is 59.7 Å². The lowest BCUT2D eigenvalue weighted by Crippen LogP contribution is -2.47. The van der Waals surface area contributed by atoms with E-state index in [1.807, 2.05) is 152 Å². The van der Waals surface area contributed by atoms with Crippen molar-refractivity contribution >= 4 is 147 Å². The molecule has 0 saturated carbocycles. The number of carboxylic acids is 1. The molecule has 0 bridgehead atoms. The lowest BCUT2D eigenvalue weighted by atomic mass is 10.1. The molecular formula is C85H89Br2ClF3N13O10. The number of hydrogen-bond donors (Lipinski definition) is 7. The molecule has 3 saturated heterocycles. The van der Waals surface area contributed by atoms with Gasteiger partial charge in [-0.25, -0.2) is 13.2 Å². The summed E-state index contributed by atoms with van der Waals surface area (Å²) >= 11 is 6.75. The molecule has 8 heterocycles. The largest absolute Gasteiger partial charge is 0.480 e. The third kappa shape index (κ3) is 24.3. The van der Waals surface area contributed by atoms with Gasteiger partial charge in [0.25, 0.3) is 0 Å². The number of likely N-dealkylation sites (tertiary alicyclic amines) is 2. The van der Waals surface area contributed by atoms with Crippen LogP contribution < -0.4 is 32.3 Å². The average molecular weight is 1700 g/mol. The van der Waals surface area contributed by atoms with Crippen molar-refractivity contribution in [1.29, 1.82) is 0 Å². The second-order valence-corrected chi connectivity index (χ2v) is 29.3. The highest BCUT2D eigenvalue weighted by atomic mass is 79.9. The first-order valence-electron chi connectivity index (χ1n) is 36.8. The summed E-state index contributed by atoms with van der Waals surface area (Å²) in [6, 6.07) is 51.2. The molecule has 29 heteroatoms. The van der Waals surface area contributed by atoms with Gasteiger partial charge in [-0.15, -0.1) is 12.4 Å². The van der Waals surface area contributed by atoms with Gasteiger partial charge in [0.15, 0.2) is 17.3 Å². The number of nitrogen functional groups attached to an aromatic ring is 1. The molecule has 11 aromatic rings. The summed E-state index contributed by atoms with van der Waals surface area (Å²) < 4.78 is 48.2. The van der Waals surface area contributed by atoms with Crippen LogP contribution in [0, 0.1) is 0 Å². The van der Waals surface area contributed by atoms with Gasteiger partial charge in [0.05, 0.1) is 36.7 Å². The van der Waals surface area contributed by atoms with Crippen molar-refractivity contribution in [3.63, 3.8) is 0 Å². The van der Waals surface area contributed by atoms with Crippen LogP contribution in [-0.4, -0.2) is 167 Å². The van der Waals surface area contributed by atoms with Crippen LogP contribution in [-0.2, 0) is 67.7 Å². The number of carbonyl (C=O) groups is 9. The number of nitrogens with one attached hydrogen (secondary N) is 5. The topological polar surface area (TPSA) is 307 Å². The number of rotatable bonds is 23. The Kier molecular flexibility index (Phi) is 31.9. The number of alkyl halides is 3. The molecule has 114 heavy (non-hydrogen) atoms. The first kappa shape index (κ1) is 86.7. The van der Waals surface area contributed by atoms with Gasteiger partial charge in [0.1, 0.15) is 50.2 Å². The van der Waals surface area contributed by atoms with E-state index in [9.17, 15) is 56.3 Å². The molecule has 6 atom stereocenters. The van der Waals surface area contributed by atoms with Crippen LogP contribution in [0.3, 0.4) is 0 Å². The highest BCUT2D eigenvalue weighted by Crippen LogP contribution is 2.32. The highest BCUT2D eigenvalue weighted by molar-refractivity contribution is 9.10.